The van der Waals surface area contributed by atoms with E-state index in [1.54, 1.807) is 17.0 Å². The van der Waals surface area contributed by atoms with Crippen molar-refractivity contribution in [2.75, 3.05) is 11.9 Å². The molecule has 0 radical (unpaired) electrons. The number of aromatic hydroxyl groups is 1. The van der Waals surface area contributed by atoms with E-state index in [4.69, 9.17) is 4.74 Å². The van der Waals surface area contributed by atoms with Gasteiger partial charge in [0, 0.05) is 36.0 Å². The second kappa shape index (κ2) is 6.70. The molecule has 3 N–H and O–H groups in total. The van der Waals surface area contributed by atoms with Crippen LogP contribution in [0, 0.1) is 0 Å². The number of aromatic amines is 1. The van der Waals surface area contributed by atoms with Gasteiger partial charge in [-0.2, -0.15) is 5.10 Å². The number of anilines is 1. The van der Waals surface area contributed by atoms with Gasteiger partial charge in [-0.1, -0.05) is 6.07 Å². The molecule has 0 fully saturated rings. The van der Waals surface area contributed by atoms with E-state index < -0.39 is 17.6 Å². The normalized spacial score (nSPS) is 13.9. The molecule has 0 saturated carbocycles. The lowest BCUT2D eigenvalue weighted by atomic mass is 10.1. The fourth-order valence-corrected chi connectivity index (χ4v) is 2.74. The average molecular weight is 358 g/mol. The Morgan fingerprint density at radius 3 is 2.81 bits per heavy atom. The molecule has 0 saturated heterocycles. The van der Waals surface area contributed by atoms with Gasteiger partial charge in [0.05, 0.1) is 6.54 Å². The number of hydrogen-bond donors (Lipinski definition) is 3. The second-order valence-corrected chi connectivity index (χ2v) is 7.19. The first-order valence-electron chi connectivity index (χ1n) is 8.37. The van der Waals surface area contributed by atoms with E-state index in [1.807, 2.05) is 20.8 Å². The number of hydrogen-bond acceptors (Lipinski definition) is 5. The van der Waals surface area contributed by atoms with Crippen molar-refractivity contribution in [2.24, 2.45) is 0 Å². The maximum Gasteiger partial charge on any atom is 0.410 e. The van der Waals surface area contributed by atoms with Gasteiger partial charge >= 0.3 is 6.09 Å². The summed E-state index contributed by atoms with van der Waals surface area (Å²) in [4.78, 5) is 26.4. The monoisotopic (exact) mass is 358 g/mol. The zero-order chi connectivity index (χ0) is 18.9. The molecular formula is C18H22N4O4. The summed E-state index contributed by atoms with van der Waals surface area (Å²) < 4.78 is 5.41. The number of carbonyl (C=O) groups excluding carboxylic acids is 2. The van der Waals surface area contributed by atoms with E-state index in [0.29, 0.717) is 24.2 Å². The van der Waals surface area contributed by atoms with E-state index in [-0.39, 0.29) is 18.0 Å². The number of benzene rings is 1. The third kappa shape index (κ3) is 3.96. The van der Waals surface area contributed by atoms with Crippen LogP contribution in [-0.4, -0.2) is 44.4 Å². The minimum Gasteiger partial charge on any atom is -0.508 e. The number of fused-ring (bicyclic) bond motifs is 1. The highest BCUT2D eigenvalue weighted by Crippen LogP contribution is 2.23. The number of phenols is 1. The molecule has 2 aromatic rings. The molecule has 1 aromatic heterocycles. The predicted molar refractivity (Wildman–Crippen MR) is 95.0 cm³/mol. The molecule has 0 bridgehead atoms. The molecule has 0 unspecified atom stereocenters. The van der Waals surface area contributed by atoms with Gasteiger partial charge in [-0.25, -0.2) is 4.79 Å². The summed E-state index contributed by atoms with van der Waals surface area (Å²) in [6.45, 7) is 6.19. The minimum absolute atomic E-state index is 0.0583. The molecule has 2 heterocycles. The molecule has 1 aliphatic rings. The lowest BCUT2D eigenvalue weighted by molar-refractivity contribution is 0.0222. The first kappa shape index (κ1) is 17.8. The van der Waals surface area contributed by atoms with Crippen LogP contribution in [0.15, 0.2) is 24.3 Å². The Balaban J connectivity index is 1.75. The Morgan fingerprint density at radius 2 is 2.12 bits per heavy atom. The molecule has 8 nitrogen and oxygen atoms in total. The minimum atomic E-state index is -0.580. The van der Waals surface area contributed by atoms with Crippen molar-refractivity contribution in [2.45, 2.75) is 39.3 Å². The van der Waals surface area contributed by atoms with Crippen LogP contribution in [0.25, 0.3) is 0 Å². The summed E-state index contributed by atoms with van der Waals surface area (Å²) in [5.74, 6) is -0.345. The van der Waals surface area contributed by atoms with E-state index >= 15 is 0 Å². The summed E-state index contributed by atoms with van der Waals surface area (Å²) in [5.41, 5.74) is 1.64. The lowest BCUT2D eigenvalue weighted by Crippen LogP contribution is -2.40. The van der Waals surface area contributed by atoms with Gasteiger partial charge in [0.25, 0.3) is 5.91 Å². The first-order valence-corrected chi connectivity index (χ1v) is 8.37. The summed E-state index contributed by atoms with van der Waals surface area (Å²) in [5, 5.41) is 19.2. The molecule has 0 atom stereocenters. The number of aromatic nitrogens is 2. The molecule has 8 heteroatoms. The standard InChI is InChI=1S/C18H22N4O4/c1-18(2,3)26-17(25)22-8-7-14-13(10-22)15(21-20-14)16(24)19-11-5-4-6-12(23)9-11/h4-6,9,23H,7-8,10H2,1-3H3,(H,19,24)(H,20,21). The quantitative estimate of drug-likeness (QED) is 0.765. The number of carbonyl (C=O) groups is 2. The summed E-state index contributed by atoms with van der Waals surface area (Å²) >= 11 is 0. The number of ether oxygens (including phenoxy) is 1. The third-order valence-electron chi connectivity index (χ3n) is 3.90. The smallest absolute Gasteiger partial charge is 0.410 e. The number of nitrogens with one attached hydrogen (secondary N) is 2. The Hall–Kier alpha value is -3.03. The molecule has 0 aliphatic carbocycles. The maximum absolute atomic E-state index is 12.6. The highest BCUT2D eigenvalue weighted by molar-refractivity contribution is 6.04. The maximum atomic E-state index is 12.6. The SMILES string of the molecule is CC(C)(C)OC(=O)N1CCc2[nH]nc(C(=O)Nc3cccc(O)c3)c2C1. The van der Waals surface area contributed by atoms with Gasteiger partial charge in [-0.15, -0.1) is 0 Å². The molecule has 0 spiro atoms. The number of H-pyrrole nitrogens is 1. The van der Waals surface area contributed by atoms with Crippen LogP contribution in [0.1, 0.15) is 42.5 Å². The van der Waals surface area contributed by atoms with Crippen LogP contribution >= 0.6 is 0 Å². The van der Waals surface area contributed by atoms with Crippen molar-refractivity contribution in [3.63, 3.8) is 0 Å². The molecule has 1 aromatic carbocycles. The Labute approximate surface area is 151 Å². The number of amides is 2. The molecule has 2 amide bonds. The zero-order valence-corrected chi connectivity index (χ0v) is 15.0. The van der Waals surface area contributed by atoms with Crippen LogP contribution < -0.4 is 5.32 Å². The highest BCUT2D eigenvalue weighted by atomic mass is 16.6. The lowest BCUT2D eigenvalue weighted by Gasteiger charge is -2.30. The van der Waals surface area contributed by atoms with E-state index in [0.717, 1.165) is 5.69 Å². The van der Waals surface area contributed by atoms with Crippen LogP contribution in [0.2, 0.25) is 0 Å². The largest absolute Gasteiger partial charge is 0.508 e. The highest BCUT2D eigenvalue weighted by Gasteiger charge is 2.30. The zero-order valence-electron chi connectivity index (χ0n) is 15.0. The van der Waals surface area contributed by atoms with E-state index in [2.05, 4.69) is 15.5 Å². The number of nitrogens with zero attached hydrogens (tertiary/aromatic N) is 2. The van der Waals surface area contributed by atoms with Crippen LogP contribution in [-0.2, 0) is 17.7 Å². The average Bonchev–Trinajstić information content (AvgIpc) is 2.96. The van der Waals surface area contributed by atoms with Gasteiger partial charge in [0.1, 0.15) is 11.4 Å². The van der Waals surface area contributed by atoms with Crippen LogP contribution in [0.4, 0.5) is 10.5 Å². The van der Waals surface area contributed by atoms with E-state index in [9.17, 15) is 14.7 Å². The van der Waals surface area contributed by atoms with Crippen molar-refractivity contribution in [1.29, 1.82) is 0 Å². The molecule has 26 heavy (non-hydrogen) atoms. The predicted octanol–water partition coefficient (Wildman–Crippen LogP) is 2.66. The summed E-state index contributed by atoms with van der Waals surface area (Å²) in [6.07, 6.45) is 0.157. The third-order valence-corrected chi connectivity index (χ3v) is 3.90. The molecule has 138 valence electrons. The van der Waals surface area contributed by atoms with Gasteiger partial charge in [-0.3, -0.25) is 9.89 Å². The Morgan fingerprint density at radius 1 is 1.35 bits per heavy atom. The fourth-order valence-electron chi connectivity index (χ4n) is 2.74. The van der Waals surface area contributed by atoms with Crippen LogP contribution in [0.5, 0.6) is 5.75 Å². The van der Waals surface area contributed by atoms with Gasteiger partial charge in [0.15, 0.2) is 5.69 Å². The van der Waals surface area contributed by atoms with Crippen molar-refractivity contribution < 1.29 is 19.4 Å². The van der Waals surface area contributed by atoms with Crippen molar-refractivity contribution in [3.8, 4) is 5.75 Å². The second-order valence-electron chi connectivity index (χ2n) is 7.19. The Kier molecular flexibility index (Phi) is 4.58. The van der Waals surface area contributed by atoms with Crippen molar-refractivity contribution >= 4 is 17.7 Å². The van der Waals surface area contributed by atoms with Crippen molar-refractivity contribution in [1.82, 2.24) is 15.1 Å². The van der Waals surface area contributed by atoms with Gasteiger partial charge < -0.3 is 20.1 Å². The van der Waals surface area contributed by atoms with Crippen LogP contribution in [0.3, 0.4) is 0 Å². The van der Waals surface area contributed by atoms with Gasteiger partial charge in [-0.05, 0) is 32.9 Å². The number of phenolic OH excluding ortho intramolecular Hbond substituents is 1. The summed E-state index contributed by atoms with van der Waals surface area (Å²) in [6, 6.07) is 6.27. The first-order chi connectivity index (χ1) is 12.2. The van der Waals surface area contributed by atoms with E-state index in [1.165, 1.54) is 12.1 Å². The summed E-state index contributed by atoms with van der Waals surface area (Å²) in [7, 11) is 0. The Bertz CT molecular complexity index is 838. The fraction of sp³-hybridized carbons (Fsp3) is 0.389. The van der Waals surface area contributed by atoms with Crippen molar-refractivity contribution in [3.05, 3.63) is 41.2 Å². The van der Waals surface area contributed by atoms with Gasteiger partial charge in [0.2, 0.25) is 0 Å². The number of rotatable bonds is 2. The molecule has 1 aliphatic heterocycles. The molecular weight excluding hydrogens is 336 g/mol. The topological polar surface area (TPSA) is 108 Å². The molecule has 3 rings (SSSR count).